The van der Waals surface area contributed by atoms with Crippen LogP contribution >= 0.6 is 11.3 Å². The van der Waals surface area contributed by atoms with Crippen molar-refractivity contribution < 1.29 is 14.7 Å². The smallest absolute Gasteiger partial charge is 0.314 e. The van der Waals surface area contributed by atoms with Crippen LogP contribution in [-0.2, 0) is 10.2 Å². The van der Waals surface area contributed by atoms with Crippen molar-refractivity contribution in [2.45, 2.75) is 18.8 Å². The summed E-state index contributed by atoms with van der Waals surface area (Å²) in [6.07, 6.45) is -0.0349. The molecule has 0 aliphatic heterocycles. The zero-order valence-electron chi connectivity index (χ0n) is 10.5. The van der Waals surface area contributed by atoms with Gasteiger partial charge in [-0.1, -0.05) is 36.4 Å². The van der Waals surface area contributed by atoms with E-state index >= 15 is 0 Å². The van der Waals surface area contributed by atoms with E-state index in [1.807, 2.05) is 11.4 Å². The van der Waals surface area contributed by atoms with E-state index in [0.29, 0.717) is 10.4 Å². The van der Waals surface area contributed by atoms with Crippen LogP contribution in [0.2, 0.25) is 0 Å². The van der Waals surface area contributed by atoms with E-state index in [2.05, 4.69) is 0 Å². The Bertz CT molecular complexity index is 575. The molecule has 0 spiro atoms. The number of carboxylic acid groups (broad SMARTS) is 1. The Morgan fingerprint density at radius 1 is 1.16 bits per heavy atom. The molecule has 1 heterocycles. The standard InChI is InChI=1S/C15H14O3S/c1-15(14(17)18,11-6-3-2-4-7-11)10-12(16)13-8-5-9-19-13/h2-9H,10H2,1H3,(H,17,18). The van der Waals surface area contributed by atoms with Crippen LogP contribution in [0.3, 0.4) is 0 Å². The second-order valence-corrected chi connectivity index (χ2v) is 5.53. The molecule has 0 aliphatic rings. The number of hydrogen-bond acceptors (Lipinski definition) is 3. The van der Waals surface area contributed by atoms with Gasteiger partial charge in [0, 0.05) is 6.42 Å². The van der Waals surface area contributed by atoms with Crippen molar-refractivity contribution in [1.29, 1.82) is 0 Å². The minimum Gasteiger partial charge on any atom is -0.481 e. The van der Waals surface area contributed by atoms with Crippen molar-refractivity contribution in [2.75, 3.05) is 0 Å². The number of rotatable bonds is 5. The average Bonchev–Trinajstić information content (AvgIpc) is 2.93. The SMILES string of the molecule is CC(CC(=O)c1cccs1)(C(=O)O)c1ccccc1. The van der Waals surface area contributed by atoms with E-state index in [0.717, 1.165) is 0 Å². The number of hydrogen-bond donors (Lipinski definition) is 1. The molecule has 19 heavy (non-hydrogen) atoms. The maximum absolute atomic E-state index is 12.1. The van der Waals surface area contributed by atoms with E-state index in [1.165, 1.54) is 11.3 Å². The number of benzene rings is 1. The highest BCUT2D eigenvalue weighted by molar-refractivity contribution is 7.12. The molecule has 0 amide bonds. The molecule has 1 atom stereocenters. The highest BCUT2D eigenvalue weighted by Crippen LogP contribution is 2.30. The molecule has 1 aromatic carbocycles. The highest BCUT2D eigenvalue weighted by atomic mass is 32.1. The van der Waals surface area contributed by atoms with E-state index < -0.39 is 11.4 Å². The van der Waals surface area contributed by atoms with Gasteiger partial charge in [-0.25, -0.2) is 0 Å². The molecule has 1 unspecified atom stereocenters. The second kappa shape index (κ2) is 5.36. The van der Waals surface area contributed by atoms with Crippen LogP contribution in [0, 0.1) is 0 Å². The third-order valence-electron chi connectivity index (χ3n) is 3.19. The third kappa shape index (κ3) is 2.74. The van der Waals surface area contributed by atoms with Crippen molar-refractivity contribution in [3.8, 4) is 0 Å². The molecule has 0 radical (unpaired) electrons. The zero-order chi connectivity index (χ0) is 13.9. The maximum atomic E-state index is 12.1. The lowest BCUT2D eigenvalue weighted by Gasteiger charge is -2.24. The Kier molecular flexibility index (Phi) is 3.81. The quantitative estimate of drug-likeness (QED) is 0.850. The molecule has 3 nitrogen and oxygen atoms in total. The molecular formula is C15H14O3S. The summed E-state index contributed by atoms with van der Waals surface area (Å²) in [5, 5.41) is 11.3. The van der Waals surface area contributed by atoms with Gasteiger partial charge >= 0.3 is 5.97 Å². The molecule has 2 rings (SSSR count). The maximum Gasteiger partial charge on any atom is 0.314 e. The Balaban J connectivity index is 2.31. The van der Waals surface area contributed by atoms with Crippen molar-refractivity contribution in [3.63, 3.8) is 0 Å². The fraction of sp³-hybridized carbons (Fsp3) is 0.200. The zero-order valence-corrected chi connectivity index (χ0v) is 11.3. The number of carbonyl (C=O) groups excluding carboxylic acids is 1. The molecule has 4 heteroatoms. The lowest BCUT2D eigenvalue weighted by Crippen LogP contribution is -2.34. The summed E-state index contributed by atoms with van der Waals surface area (Å²) in [6, 6.07) is 12.4. The van der Waals surface area contributed by atoms with Crippen LogP contribution in [0.4, 0.5) is 0 Å². The van der Waals surface area contributed by atoms with Crippen molar-refractivity contribution >= 4 is 23.1 Å². The lowest BCUT2D eigenvalue weighted by molar-refractivity contribution is -0.143. The summed E-state index contributed by atoms with van der Waals surface area (Å²) in [6.45, 7) is 1.59. The predicted molar refractivity (Wildman–Crippen MR) is 74.7 cm³/mol. The molecule has 0 saturated carbocycles. The minimum absolute atomic E-state index is 0.0349. The van der Waals surface area contributed by atoms with Crippen molar-refractivity contribution in [1.82, 2.24) is 0 Å². The number of thiophene rings is 1. The van der Waals surface area contributed by atoms with Gasteiger partial charge in [0.2, 0.25) is 0 Å². The molecule has 2 aromatic rings. The second-order valence-electron chi connectivity index (χ2n) is 4.58. The topological polar surface area (TPSA) is 54.4 Å². The van der Waals surface area contributed by atoms with Gasteiger partial charge in [0.05, 0.1) is 10.3 Å². The largest absolute Gasteiger partial charge is 0.481 e. The number of carbonyl (C=O) groups is 2. The lowest BCUT2D eigenvalue weighted by atomic mass is 9.78. The van der Waals surface area contributed by atoms with Gasteiger partial charge in [-0.15, -0.1) is 11.3 Å². The number of carboxylic acids is 1. The van der Waals surface area contributed by atoms with Gasteiger partial charge in [-0.3, -0.25) is 9.59 Å². The summed E-state index contributed by atoms with van der Waals surface area (Å²) < 4.78 is 0. The number of ketones is 1. The molecule has 0 saturated heterocycles. The van der Waals surface area contributed by atoms with Gasteiger partial charge in [0.15, 0.2) is 5.78 Å². The monoisotopic (exact) mass is 274 g/mol. The Morgan fingerprint density at radius 2 is 1.84 bits per heavy atom. The Hall–Kier alpha value is -1.94. The fourth-order valence-electron chi connectivity index (χ4n) is 1.95. The first kappa shape index (κ1) is 13.5. The summed E-state index contributed by atoms with van der Waals surface area (Å²) in [5.74, 6) is -1.12. The van der Waals surface area contributed by atoms with Gasteiger partial charge in [-0.05, 0) is 23.9 Å². The number of Topliss-reactive ketones (excluding diaryl/α,β-unsaturated/α-hetero) is 1. The Morgan fingerprint density at radius 3 is 2.37 bits per heavy atom. The van der Waals surface area contributed by atoms with Crippen LogP contribution in [0.15, 0.2) is 47.8 Å². The molecule has 98 valence electrons. The van der Waals surface area contributed by atoms with Crippen LogP contribution < -0.4 is 0 Å². The number of aliphatic carboxylic acids is 1. The normalized spacial score (nSPS) is 13.7. The van der Waals surface area contributed by atoms with Crippen molar-refractivity contribution in [2.24, 2.45) is 0 Å². The van der Waals surface area contributed by atoms with Crippen LogP contribution in [0.1, 0.15) is 28.6 Å². The van der Waals surface area contributed by atoms with Gasteiger partial charge in [0.1, 0.15) is 0 Å². The minimum atomic E-state index is -1.19. The summed E-state index contributed by atoms with van der Waals surface area (Å²) in [5.41, 5.74) is -0.546. The van der Waals surface area contributed by atoms with Crippen LogP contribution in [0.5, 0.6) is 0 Å². The first-order chi connectivity index (χ1) is 9.04. The summed E-state index contributed by atoms with van der Waals surface area (Å²) in [7, 11) is 0. The first-order valence-corrected chi connectivity index (χ1v) is 6.77. The van der Waals surface area contributed by atoms with E-state index in [-0.39, 0.29) is 12.2 Å². The van der Waals surface area contributed by atoms with Crippen LogP contribution in [0.25, 0.3) is 0 Å². The van der Waals surface area contributed by atoms with Gasteiger partial charge in [-0.2, -0.15) is 0 Å². The molecule has 0 fully saturated rings. The van der Waals surface area contributed by atoms with Crippen LogP contribution in [-0.4, -0.2) is 16.9 Å². The summed E-state index contributed by atoms with van der Waals surface area (Å²) >= 11 is 1.34. The molecule has 0 bridgehead atoms. The van der Waals surface area contributed by atoms with E-state index in [9.17, 15) is 14.7 Å². The average molecular weight is 274 g/mol. The Labute approximate surface area is 115 Å². The fourth-order valence-corrected chi connectivity index (χ4v) is 2.62. The highest BCUT2D eigenvalue weighted by Gasteiger charge is 2.37. The molecule has 0 aliphatic carbocycles. The van der Waals surface area contributed by atoms with E-state index in [1.54, 1.807) is 43.3 Å². The molecular weight excluding hydrogens is 260 g/mol. The first-order valence-electron chi connectivity index (χ1n) is 5.89. The summed E-state index contributed by atoms with van der Waals surface area (Å²) in [4.78, 5) is 24.3. The van der Waals surface area contributed by atoms with E-state index in [4.69, 9.17) is 0 Å². The third-order valence-corrected chi connectivity index (χ3v) is 4.10. The van der Waals surface area contributed by atoms with Gasteiger partial charge < -0.3 is 5.11 Å². The predicted octanol–water partition coefficient (Wildman–Crippen LogP) is 3.36. The van der Waals surface area contributed by atoms with Gasteiger partial charge in [0.25, 0.3) is 0 Å². The molecule has 1 N–H and O–H groups in total. The molecule has 1 aromatic heterocycles. The van der Waals surface area contributed by atoms with Crippen molar-refractivity contribution in [3.05, 3.63) is 58.3 Å².